The van der Waals surface area contributed by atoms with Crippen molar-refractivity contribution in [2.45, 2.75) is 6.42 Å². The molecule has 2 amide bonds. The number of amides is 2. The fraction of sp³-hybridized carbons (Fsp3) is 0.0769. The molecule has 1 aliphatic heterocycles. The molecule has 0 radical (unpaired) electrons. The molecule has 0 aliphatic carbocycles. The predicted octanol–water partition coefficient (Wildman–Crippen LogP) is 4.71. The van der Waals surface area contributed by atoms with Crippen LogP contribution in [0.15, 0.2) is 82.0 Å². The Hall–Kier alpha value is -4.23. The molecule has 168 valence electrons. The maximum Gasteiger partial charge on any atom is 0.313 e. The summed E-state index contributed by atoms with van der Waals surface area (Å²) in [5.41, 5.74) is 0.904. The third kappa shape index (κ3) is 3.76. The van der Waals surface area contributed by atoms with E-state index in [1.807, 2.05) is 0 Å². The standard InChI is InChI=1S/C26H16ClNO6/c27-16-11-9-15(10-12-16)23-24(22(30)19-7-3-4-8-20(19)33-23)34-21(29)13-14-28-25(31)17-5-1-2-6-18(17)26(28)32/h1-12H,13-14H2. The number of benzene rings is 3. The van der Waals surface area contributed by atoms with E-state index in [1.54, 1.807) is 72.8 Å². The second-order valence-electron chi connectivity index (χ2n) is 7.62. The van der Waals surface area contributed by atoms with Crippen molar-refractivity contribution in [3.8, 4) is 17.1 Å². The highest BCUT2D eigenvalue weighted by Crippen LogP contribution is 2.32. The van der Waals surface area contributed by atoms with Crippen molar-refractivity contribution in [3.63, 3.8) is 0 Å². The molecule has 3 aromatic carbocycles. The number of rotatable bonds is 5. The number of nitrogens with zero attached hydrogens (tertiary/aromatic N) is 1. The van der Waals surface area contributed by atoms with Crippen molar-refractivity contribution >= 4 is 40.4 Å². The molecule has 5 rings (SSSR count). The van der Waals surface area contributed by atoms with Crippen molar-refractivity contribution in [2.24, 2.45) is 0 Å². The van der Waals surface area contributed by atoms with Crippen molar-refractivity contribution in [1.82, 2.24) is 4.90 Å². The molecule has 0 fully saturated rings. The zero-order valence-corrected chi connectivity index (χ0v) is 18.4. The van der Waals surface area contributed by atoms with Crippen LogP contribution >= 0.6 is 11.6 Å². The minimum absolute atomic E-state index is 0.0782. The Morgan fingerprint density at radius 1 is 0.853 bits per heavy atom. The molecule has 0 saturated carbocycles. The SMILES string of the molecule is O=C(CCN1C(=O)c2ccccc2C1=O)Oc1c(-c2ccc(Cl)cc2)oc2ccccc2c1=O. The van der Waals surface area contributed by atoms with E-state index in [4.69, 9.17) is 20.8 Å². The summed E-state index contributed by atoms with van der Waals surface area (Å²) >= 11 is 5.97. The first-order valence-electron chi connectivity index (χ1n) is 10.4. The molecular weight excluding hydrogens is 458 g/mol. The summed E-state index contributed by atoms with van der Waals surface area (Å²) in [6, 6.07) is 19.6. The first-order valence-corrected chi connectivity index (χ1v) is 10.8. The number of halogens is 1. The highest BCUT2D eigenvalue weighted by molar-refractivity contribution is 6.30. The summed E-state index contributed by atoms with van der Waals surface area (Å²) in [6.07, 6.45) is -0.294. The third-order valence-corrected chi connectivity index (χ3v) is 5.75. The second kappa shape index (κ2) is 8.61. The van der Waals surface area contributed by atoms with E-state index in [0.29, 0.717) is 27.3 Å². The average Bonchev–Trinajstić information content (AvgIpc) is 3.09. The van der Waals surface area contributed by atoms with Crippen LogP contribution in [0.2, 0.25) is 5.02 Å². The fourth-order valence-corrected chi connectivity index (χ4v) is 3.95. The largest absolute Gasteiger partial charge is 0.452 e. The number of hydrogen-bond acceptors (Lipinski definition) is 6. The van der Waals surface area contributed by atoms with Crippen LogP contribution in [-0.4, -0.2) is 29.2 Å². The van der Waals surface area contributed by atoms with Gasteiger partial charge in [-0.25, -0.2) is 0 Å². The van der Waals surface area contributed by atoms with E-state index in [1.165, 1.54) is 0 Å². The molecule has 1 aliphatic rings. The summed E-state index contributed by atoms with van der Waals surface area (Å²) in [4.78, 5) is 51.9. The van der Waals surface area contributed by atoms with Gasteiger partial charge < -0.3 is 9.15 Å². The lowest BCUT2D eigenvalue weighted by Crippen LogP contribution is -2.32. The summed E-state index contributed by atoms with van der Waals surface area (Å²) in [5.74, 6) is -1.92. The highest BCUT2D eigenvalue weighted by atomic mass is 35.5. The van der Waals surface area contributed by atoms with Gasteiger partial charge in [0.25, 0.3) is 11.8 Å². The lowest BCUT2D eigenvalue weighted by Gasteiger charge is -2.14. The molecule has 2 heterocycles. The lowest BCUT2D eigenvalue weighted by molar-refractivity contribution is -0.134. The van der Waals surface area contributed by atoms with Crippen LogP contribution < -0.4 is 10.2 Å². The van der Waals surface area contributed by atoms with Gasteiger partial charge in [-0.15, -0.1) is 0 Å². The fourth-order valence-electron chi connectivity index (χ4n) is 3.82. The van der Waals surface area contributed by atoms with Gasteiger partial charge in [-0.05, 0) is 48.5 Å². The minimum Gasteiger partial charge on any atom is -0.452 e. The normalized spacial score (nSPS) is 12.8. The zero-order chi connectivity index (χ0) is 23.8. The molecule has 0 atom stereocenters. The molecule has 7 nitrogen and oxygen atoms in total. The van der Waals surface area contributed by atoms with Gasteiger partial charge in [-0.3, -0.25) is 24.1 Å². The number of carbonyl (C=O) groups is 3. The van der Waals surface area contributed by atoms with Crippen LogP contribution in [0, 0.1) is 0 Å². The van der Waals surface area contributed by atoms with Gasteiger partial charge in [-0.1, -0.05) is 35.9 Å². The number of ether oxygens (including phenoxy) is 1. The number of hydrogen-bond donors (Lipinski definition) is 0. The van der Waals surface area contributed by atoms with Gasteiger partial charge in [-0.2, -0.15) is 0 Å². The maximum absolute atomic E-state index is 13.2. The quantitative estimate of drug-likeness (QED) is 0.308. The summed E-state index contributed by atoms with van der Waals surface area (Å²) in [6.45, 7) is -0.180. The number of carbonyl (C=O) groups excluding carboxylic acids is 3. The van der Waals surface area contributed by atoms with E-state index in [2.05, 4.69) is 0 Å². The topological polar surface area (TPSA) is 93.9 Å². The van der Waals surface area contributed by atoms with Crippen LogP contribution in [0.4, 0.5) is 0 Å². The first-order chi connectivity index (χ1) is 16.4. The van der Waals surface area contributed by atoms with Crippen LogP contribution in [0.5, 0.6) is 5.75 Å². The average molecular weight is 474 g/mol. The van der Waals surface area contributed by atoms with Crippen LogP contribution in [0.25, 0.3) is 22.3 Å². The Morgan fingerprint density at radius 3 is 2.15 bits per heavy atom. The van der Waals surface area contributed by atoms with Crippen LogP contribution in [-0.2, 0) is 4.79 Å². The molecule has 8 heteroatoms. The van der Waals surface area contributed by atoms with E-state index in [-0.39, 0.29) is 29.9 Å². The van der Waals surface area contributed by atoms with Gasteiger partial charge in [0.2, 0.25) is 11.2 Å². The molecule has 0 spiro atoms. The molecule has 0 saturated heterocycles. The maximum atomic E-state index is 13.2. The summed E-state index contributed by atoms with van der Waals surface area (Å²) < 4.78 is 11.4. The van der Waals surface area contributed by atoms with E-state index in [0.717, 1.165) is 4.90 Å². The monoisotopic (exact) mass is 473 g/mol. The van der Waals surface area contributed by atoms with E-state index in [9.17, 15) is 19.2 Å². The van der Waals surface area contributed by atoms with Crippen LogP contribution in [0.3, 0.4) is 0 Å². The molecule has 0 N–H and O–H groups in total. The Bertz CT molecular complexity index is 1490. The van der Waals surface area contributed by atoms with Gasteiger partial charge in [0.05, 0.1) is 22.9 Å². The minimum atomic E-state index is -0.783. The smallest absolute Gasteiger partial charge is 0.313 e. The first kappa shape index (κ1) is 21.6. The van der Waals surface area contributed by atoms with E-state index < -0.39 is 23.2 Å². The van der Waals surface area contributed by atoms with E-state index >= 15 is 0 Å². The number of imide groups is 1. The van der Waals surface area contributed by atoms with Crippen LogP contribution in [0.1, 0.15) is 27.1 Å². The van der Waals surface area contributed by atoms with Gasteiger partial charge in [0.15, 0.2) is 5.76 Å². The number of fused-ring (bicyclic) bond motifs is 2. The number of para-hydroxylation sites is 1. The Balaban J connectivity index is 1.43. The summed E-state index contributed by atoms with van der Waals surface area (Å²) in [5, 5.41) is 0.745. The Morgan fingerprint density at radius 2 is 1.47 bits per heavy atom. The van der Waals surface area contributed by atoms with Crippen molar-refractivity contribution in [2.75, 3.05) is 6.54 Å². The predicted molar refractivity (Wildman–Crippen MR) is 125 cm³/mol. The molecule has 4 aromatic rings. The molecule has 0 bridgehead atoms. The highest BCUT2D eigenvalue weighted by Gasteiger charge is 2.35. The second-order valence-corrected chi connectivity index (χ2v) is 8.06. The molecule has 0 unspecified atom stereocenters. The van der Waals surface area contributed by atoms with Crippen molar-refractivity contribution in [1.29, 1.82) is 0 Å². The van der Waals surface area contributed by atoms with Gasteiger partial charge >= 0.3 is 5.97 Å². The van der Waals surface area contributed by atoms with Crippen molar-refractivity contribution in [3.05, 3.63) is 99.2 Å². The van der Waals surface area contributed by atoms with Crippen molar-refractivity contribution < 1.29 is 23.5 Å². The molecular formula is C26H16ClNO6. The molecule has 1 aromatic heterocycles. The van der Waals surface area contributed by atoms with Gasteiger partial charge in [0, 0.05) is 17.1 Å². The lowest BCUT2D eigenvalue weighted by atomic mass is 10.1. The Kier molecular flexibility index (Phi) is 5.47. The number of esters is 1. The third-order valence-electron chi connectivity index (χ3n) is 5.50. The zero-order valence-electron chi connectivity index (χ0n) is 17.6. The summed E-state index contributed by atoms with van der Waals surface area (Å²) in [7, 11) is 0. The molecule has 34 heavy (non-hydrogen) atoms. The Labute approximate surface area is 198 Å². The van der Waals surface area contributed by atoms with Gasteiger partial charge in [0.1, 0.15) is 5.58 Å².